The zero-order valence-corrected chi connectivity index (χ0v) is 23.1. The van der Waals surface area contributed by atoms with E-state index >= 15 is 0 Å². The molecule has 0 aliphatic carbocycles. The molecule has 0 saturated heterocycles. The predicted molar refractivity (Wildman–Crippen MR) is 149 cm³/mol. The molecule has 0 spiro atoms. The Bertz CT molecular complexity index is 1140. The lowest BCUT2D eigenvalue weighted by Gasteiger charge is -2.34. The van der Waals surface area contributed by atoms with E-state index in [1.165, 1.54) is 4.90 Å². The molecule has 3 amide bonds. The van der Waals surface area contributed by atoms with Crippen LogP contribution in [0.15, 0.2) is 42.5 Å². The molecule has 0 saturated carbocycles. The molecule has 2 aromatic carbocycles. The quantitative estimate of drug-likeness (QED) is 0.400. The van der Waals surface area contributed by atoms with Gasteiger partial charge in [-0.15, -0.1) is 6.42 Å². The molecule has 2 rings (SSSR count). The molecule has 2 aromatic rings. The predicted octanol–water partition coefficient (Wildman–Crippen LogP) is 4.48. The van der Waals surface area contributed by atoms with E-state index in [1.54, 1.807) is 45.0 Å². The van der Waals surface area contributed by atoms with Gasteiger partial charge in [-0.1, -0.05) is 49.6 Å². The van der Waals surface area contributed by atoms with Crippen LogP contribution in [-0.4, -0.2) is 52.7 Å². The number of carbonyl (C=O) groups is 3. The molecule has 0 heterocycles. The first-order valence-electron chi connectivity index (χ1n) is 12.8. The van der Waals surface area contributed by atoms with Gasteiger partial charge >= 0.3 is 6.09 Å². The molecule has 0 aromatic heterocycles. The summed E-state index contributed by atoms with van der Waals surface area (Å²) >= 11 is 0. The van der Waals surface area contributed by atoms with Gasteiger partial charge in [-0.05, 0) is 69.9 Å². The van der Waals surface area contributed by atoms with Crippen molar-refractivity contribution in [3.63, 3.8) is 0 Å². The molecule has 2 unspecified atom stereocenters. The third kappa shape index (κ3) is 8.35. The minimum Gasteiger partial charge on any atom is -0.444 e. The van der Waals surface area contributed by atoms with Crippen molar-refractivity contribution in [2.75, 3.05) is 18.5 Å². The van der Waals surface area contributed by atoms with E-state index in [0.29, 0.717) is 23.2 Å². The van der Waals surface area contributed by atoms with Crippen LogP contribution in [0.5, 0.6) is 0 Å². The van der Waals surface area contributed by atoms with Crippen LogP contribution in [0.2, 0.25) is 0 Å². The van der Waals surface area contributed by atoms with Crippen molar-refractivity contribution in [2.24, 2.45) is 0 Å². The second-order valence-corrected chi connectivity index (χ2v) is 10.2. The number of aliphatic hydroxyl groups is 1. The number of unbranched alkanes of at least 4 members (excludes halogenated alkanes) is 1. The molecule has 0 aliphatic rings. The second-order valence-electron chi connectivity index (χ2n) is 10.2. The van der Waals surface area contributed by atoms with Crippen LogP contribution in [-0.2, 0) is 14.3 Å². The molecular formula is C30H39N3O5. The zero-order valence-electron chi connectivity index (χ0n) is 23.1. The van der Waals surface area contributed by atoms with Crippen LogP contribution in [0.3, 0.4) is 0 Å². The number of hydrogen-bond donors (Lipinski definition) is 3. The number of benzene rings is 2. The third-order valence-corrected chi connectivity index (χ3v) is 5.89. The summed E-state index contributed by atoms with van der Waals surface area (Å²) in [5.74, 6) is 1.53. The Hall–Kier alpha value is -3.83. The molecule has 0 bridgehead atoms. The lowest BCUT2D eigenvalue weighted by Crippen LogP contribution is -2.54. The molecule has 2 atom stereocenters. The van der Waals surface area contributed by atoms with E-state index < -0.39 is 42.2 Å². The van der Waals surface area contributed by atoms with Crippen molar-refractivity contribution in [3.05, 3.63) is 64.7 Å². The van der Waals surface area contributed by atoms with Gasteiger partial charge in [0.2, 0.25) is 5.91 Å². The van der Waals surface area contributed by atoms with Gasteiger partial charge in [0.25, 0.3) is 5.91 Å². The van der Waals surface area contributed by atoms with Crippen LogP contribution < -0.4 is 10.6 Å². The molecule has 204 valence electrons. The first-order valence-corrected chi connectivity index (χ1v) is 12.8. The minimum absolute atomic E-state index is 0.226. The number of hydrogen-bond acceptors (Lipinski definition) is 5. The maximum Gasteiger partial charge on any atom is 0.408 e. The highest BCUT2D eigenvalue weighted by atomic mass is 16.6. The van der Waals surface area contributed by atoms with E-state index in [2.05, 4.69) is 16.6 Å². The van der Waals surface area contributed by atoms with Gasteiger partial charge in [-0.3, -0.25) is 9.59 Å². The van der Waals surface area contributed by atoms with Crippen molar-refractivity contribution in [1.29, 1.82) is 0 Å². The number of ether oxygens (including phenoxy) is 1. The number of alkyl carbamates (subject to hydrolysis) is 1. The summed E-state index contributed by atoms with van der Waals surface area (Å²) in [5.41, 5.74) is 2.81. The van der Waals surface area contributed by atoms with Crippen molar-refractivity contribution in [2.45, 2.75) is 72.1 Å². The molecule has 0 fully saturated rings. The van der Waals surface area contributed by atoms with Gasteiger partial charge in [0.1, 0.15) is 17.7 Å². The summed E-state index contributed by atoms with van der Waals surface area (Å²) in [7, 11) is 0. The molecule has 8 heteroatoms. The summed E-state index contributed by atoms with van der Waals surface area (Å²) in [6, 6.07) is 10.2. The standard InChI is InChI=1S/C30H39N3O5/c1-8-10-18-33(28(36)24(19-34)31-29(37)38-30(5,6)7)26(23-16-14-22(9-2)15-17-23)27(35)32-25-20(3)12-11-13-21(25)4/h2,11-17,24,26,34H,8,10,18-19H2,1,3-7H3,(H,31,37)(H,32,35). The lowest BCUT2D eigenvalue weighted by atomic mass is 10.00. The summed E-state index contributed by atoms with van der Waals surface area (Å²) in [5, 5.41) is 15.5. The average molecular weight is 522 g/mol. The highest BCUT2D eigenvalue weighted by Crippen LogP contribution is 2.27. The Labute approximate surface area is 225 Å². The van der Waals surface area contributed by atoms with Gasteiger partial charge in [0, 0.05) is 17.8 Å². The van der Waals surface area contributed by atoms with Crippen LogP contribution in [0.4, 0.5) is 10.5 Å². The fourth-order valence-electron chi connectivity index (χ4n) is 3.97. The summed E-state index contributed by atoms with van der Waals surface area (Å²) in [6.45, 7) is 10.4. The highest BCUT2D eigenvalue weighted by Gasteiger charge is 2.36. The number of anilines is 1. The number of para-hydroxylation sites is 1. The molecule has 38 heavy (non-hydrogen) atoms. The number of nitrogens with zero attached hydrogens (tertiary/aromatic N) is 1. The fourth-order valence-corrected chi connectivity index (χ4v) is 3.97. The van der Waals surface area contributed by atoms with Crippen molar-refractivity contribution in [3.8, 4) is 12.3 Å². The smallest absolute Gasteiger partial charge is 0.408 e. The Balaban J connectivity index is 2.53. The molecule has 3 N–H and O–H groups in total. The van der Waals surface area contributed by atoms with Gasteiger partial charge in [0.15, 0.2) is 0 Å². The highest BCUT2D eigenvalue weighted by molar-refractivity contribution is 6.00. The first-order chi connectivity index (χ1) is 17.9. The van der Waals surface area contributed by atoms with Gasteiger partial charge in [0.05, 0.1) is 6.61 Å². The molecular weight excluding hydrogens is 482 g/mol. The number of nitrogens with one attached hydrogen (secondary N) is 2. The summed E-state index contributed by atoms with van der Waals surface area (Å²) in [4.78, 5) is 41.5. The van der Waals surface area contributed by atoms with E-state index in [0.717, 1.165) is 17.5 Å². The van der Waals surface area contributed by atoms with Crippen LogP contribution in [0, 0.1) is 26.2 Å². The topological polar surface area (TPSA) is 108 Å². The number of aliphatic hydroxyl groups excluding tert-OH is 1. The third-order valence-electron chi connectivity index (χ3n) is 5.89. The van der Waals surface area contributed by atoms with E-state index in [1.807, 2.05) is 39.0 Å². The SMILES string of the molecule is C#Cc1ccc(C(C(=O)Nc2c(C)cccc2C)N(CCCC)C(=O)C(CO)NC(=O)OC(C)(C)C)cc1. The van der Waals surface area contributed by atoms with Crippen LogP contribution in [0.1, 0.15) is 68.8 Å². The second kappa shape index (κ2) is 13.6. The summed E-state index contributed by atoms with van der Waals surface area (Å²) < 4.78 is 5.27. The number of carbonyl (C=O) groups excluding carboxylic acids is 3. The normalized spacial score (nSPS) is 12.6. The van der Waals surface area contributed by atoms with Crippen molar-refractivity contribution >= 4 is 23.6 Å². The van der Waals surface area contributed by atoms with Crippen LogP contribution in [0.25, 0.3) is 0 Å². The molecule has 0 aliphatic heterocycles. The Morgan fingerprint density at radius 3 is 2.18 bits per heavy atom. The Morgan fingerprint density at radius 1 is 1.08 bits per heavy atom. The Morgan fingerprint density at radius 2 is 1.68 bits per heavy atom. The minimum atomic E-state index is -1.30. The first kappa shape index (κ1) is 30.4. The average Bonchev–Trinajstić information content (AvgIpc) is 2.86. The number of rotatable bonds is 10. The molecule has 0 radical (unpaired) electrons. The van der Waals surface area contributed by atoms with E-state index in [4.69, 9.17) is 11.2 Å². The van der Waals surface area contributed by atoms with Crippen molar-refractivity contribution < 1.29 is 24.2 Å². The fraction of sp³-hybridized carbons (Fsp3) is 0.433. The summed E-state index contributed by atoms with van der Waals surface area (Å²) in [6.07, 6.45) is 6.04. The van der Waals surface area contributed by atoms with E-state index in [9.17, 15) is 19.5 Å². The van der Waals surface area contributed by atoms with E-state index in [-0.39, 0.29) is 6.54 Å². The Kier molecular flexibility index (Phi) is 10.9. The number of aryl methyl sites for hydroxylation is 2. The lowest BCUT2D eigenvalue weighted by molar-refractivity contribution is -0.141. The maximum absolute atomic E-state index is 13.9. The van der Waals surface area contributed by atoms with Gasteiger partial charge < -0.3 is 25.4 Å². The molecule has 8 nitrogen and oxygen atoms in total. The van der Waals surface area contributed by atoms with Crippen molar-refractivity contribution in [1.82, 2.24) is 10.2 Å². The zero-order chi connectivity index (χ0) is 28.5. The monoisotopic (exact) mass is 521 g/mol. The van der Waals surface area contributed by atoms with Crippen LogP contribution >= 0.6 is 0 Å². The maximum atomic E-state index is 13.9. The number of terminal acetylenes is 1. The van der Waals surface area contributed by atoms with Gasteiger partial charge in [-0.2, -0.15) is 0 Å². The number of amides is 3. The largest absolute Gasteiger partial charge is 0.444 e. The van der Waals surface area contributed by atoms with Gasteiger partial charge in [-0.25, -0.2) is 4.79 Å².